The quantitative estimate of drug-likeness (QED) is 0.844. The summed E-state index contributed by atoms with van der Waals surface area (Å²) < 4.78 is 5.29. The van der Waals surface area contributed by atoms with Crippen LogP contribution in [0, 0.1) is 0 Å². The van der Waals surface area contributed by atoms with Crippen LogP contribution < -0.4 is 15.4 Å². The molecule has 1 rings (SSSR count). The summed E-state index contributed by atoms with van der Waals surface area (Å²) in [5.41, 5.74) is 1.07. The van der Waals surface area contributed by atoms with E-state index in [0.717, 1.165) is 5.56 Å². The summed E-state index contributed by atoms with van der Waals surface area (Å²) in [6.45, 7) is 2.01. The molecule has 5 heteroatoms. The van der Waals surface area contributed by atoms with E-state index in [2.05, 4.69) is 10.6 Å². The van der Waals surface area contributed by atoms with Crippen LogP contribution in [-0.2, 0) is 4.79 Å². The molecule has 1 aromatic carbocycles. The number of hydrogen-bond acceptors (Lipinski definition) is 3. The summed E-state index contributed by atoms with van der Waals surface area (Å²) in [6.07, 6.45) is 0. The number of likely N-dealkylation sites (N-methyl/N-ethyl adjacent to an activating group) is 1. The fraction of sp³-hybridized carbons (Fsp3) is 0.417. The number of hydrogen-bond donors (Lipinski definition) is 2. The molecule has 1 unspecified atom stereocenters. The first-order chi connectivity index (χ1) is 8.08. The molecule has 4 nitrogen and oxygen atoms in total. The smallest absolute Gasteiger partial charge is 0.257 e. The largest absolute Gasteiger partial charge is 0.482 e. The molecule has 0 radical (unpaired) electrons. The highest BCUT2D eigenvalue weighted by molar-refractivity contribution is 6.32. The number of carbonyl (C=O) groups is 1. The van der Waals surface area contributed by atoms with Crippen molar-refractivity contribution < 1.29 is 9.53 Å². The van der Waals surface area contributed by atoms with E-state index in [1.54, 1.807) is 13.1 Å². The van der Waals surface area contributed by atoms with Gasteiger partial charge in [-0.1, -0.05) is 17.7 Å². The predicted octanol–water partition coefficient (Wildman–Crippen LogP) is 1.75. The van der Waals surface area contributed by atoms with Gasteiger partial charge in [-0.05, 0) is 31.7 Å². The maximum Gasteiger partial charge on any atom is 0.257 e. The first-order valence-electron chi connectivity index (χ1n) is 5.38. The van der Waals surface area contributed by atoms with Crippen LogP contribution in [0.5, 0.6) is 5.75 Å². The fourth-order valence-corrected chi connectivity index (χ4v) is 1.53. The Hall–Kier alpha value is -1.26. The minimum Gasteiger partial charge on any atom is -0.482 e. The molecule has 0 heterocycles. The van der Waals surface area contributed by atoms with E-state index in [0.29, 0.717) is 10.8 Å². The molecule has 1 atom stereocenters. The number of amides is 1. The van der Waals surface area contributed by atoms with Gasteiger partial charge in [-0.15, -0.1) is 0 Å². The van der Waals surface area contributed by atoms with E-state index in [-0.39, 0.29) is 18.6 Å². The average molecular weight is 257 g/mol. The minimum atomic E-state index is -0.186. The fourth-order valence-electron chi connectivity index (χ4n) is 1.29. The van der Waals surface area contributed by atoms with Crippen LogP contribution in [-0.4, -0.2) is 26.6 Å². The Balaban J connectivity index is 2.72. The van der Waals surface area contributed by atoms with Crippen molar-refractivity contribution in [3.63, 3.8) is 0 Å². The zero-order valence-corrected chi connectivity index (χ0v) is 11.0. The van der Waals surface area contributed by atoms with Crippen LogP contribution in [0.4, 0.5) is 0 Å². The number of ether oxygens (including phenoxy) is 1. The Labute approximate surface area is 106 Å². The van der Waals surface area contributed by atoms with Gasteiger partial charge in [0.1, 0.15) is 5.75 Å². The molecule has 0 fully saturated rings. The monoisotopic (exact) mass is 256 g/mol. The van der Waals surface area contributed by atoms with Crippen LogP contribution >= 0.6 is 11.6 Å². The lowest BCUT2D eigenvalue weighted by Gasteiger charge is -2.13. The third-order valence-corrected chi connectivity index (χ3v) is 2.82. The second-order valence-corrected chi connectivity index (χ2v) is 4.07. The molecule has 0 aliphatic rings. The van der Waals surface area contributed by atoms with Gasteiger partial charge in [0, 0.05) is 13.1 Å². The van der Waals surface area contributed by atoms with E-state index in [4.69, 9.17) is 16.3 Å². The Kier molecular flexibility index (Phi) is 5.25. The third kappa shape index (κ3) is 3.91. The Bertz CT molecular complexity index is 396. The molecule has 94 valence electrons. The van der Waals surface area contributed by atoms with Gasteiger partial charge in [0.15, 0.2) is 6.61 Å². The Morgan fingerprint density at radius 1 is 1.47 bits per heavy atom. The molecule has 0 aliphatic heterocycles. The molecule has 0 bridgehead atoms. The summed E-state index contributed by atoms with van der Waals surface area (Å²) in [5, 5.41) is 6.11. The van der Waals surface area contributed by atoms with Gasteiger partial charge < -0.3 is 15.4 Å². The molecule has 0 saturated heterocycles. The summed E-state index contributed by atoms with van der Waals surface area (Å²) in [4.78, 5) is 11.0. The van der Waals surface area contributed by atoms with Gasteiger partial charge in [0.2, 0.25) is 0 Å². The average Bonchev–Trinajstić information content (AvgIpc) is 2.35. The van der Waals surface area contributed by atoms with Gasteiger partial charge in [-0.3, -0.25) is 4.79 Å². The summed E-state index contributed by atoms with van der Waals surface area (Å²) in [6, 6.07) is 5.75. The summed E-state index contributed by atoms with van der Waals surface area (Å²) >= 11 is 6.07. The van der Waals surface area contributed by atoms with Crippen LogP contribution in [0.1, 0.15) is 18.5 Å². The van der Waals surface area contributed by atoms with Gasteiger partial charge in [-0.25, -0.2) is 0 Å². The highest BCUT2D eigenvalue weighted by Crippen LogP contribution is 2.27. The zero-order valence-electron chi connectivity index (χ0n) is 10.2. The van der Waals surface area contributed by atoms with E-state index in [1.165, 1.54) is 0 Å². The van der Waals surface area contributed by atoms with Gasteiger partial charge in [0.25, 0.3) is 5.91 Å². The highest BCUT2D eigenvalue weighted by Gasteiger charge is 2.08. The molecule has 1 amide bonds. The van der Waals surface area contributed by atoms with E-state index in [9.17, 15) is 4.79 Å². The number of benzene rings is 1. The van der Waals surface area contributed by atoms with E-state index in [1.807, 2.05) is 26.1 Å². The van der Waals surface area contributed by atoms with Crippen LogP contribution in [0.3, 0.4) is 0 Å². The van der Waals surface area contributed by atoms with Crippen molar-refractivity contribution in [2.24, 2.45) is 0 Å². The standard InChI is InChI=1S/C12H17ClN2O2/c1-8(14-2)9-4-5-11(10(13)6-9)17-7-12(16)15-3/h4-6,8,14H,7H2,1-3H3,(H,15,16). The van der Waals surface area contributed by atoms with E-state index >= 15 is 0 Å². The number of rotatable bonds is 5. The van der Waals surface area contributed by atoms with Crippen molar-refractivity contribution in [1.29, 1.82) is 0 Å². The summed E-state index contributed by atoms with van der Waals surface area (Å²) in [7, 11) is 3.44. The second-order valence-electron chi connectivity index (χ2n) is 3.66. The van der Waals surface area contributed by atoms with Crippen molar-refractivity contribution >= 4 is 17.5 Å². The third-order valence-electron chi connectivity index (χ3n) is 2.53. The number of halogens is 1. The normalized spacial score (nSPS) is 12.0. The number of carbonyl (C=O) groups excluding carboxylic acids is 1. The lowest BCUT2D eigenvalue weighted by Crippen LogP contribution is -2.24. The molecule has 0 aliphatic carbocycles. The second kappa shape index (κ2) is 6.47. The van der Waals surface area contributed by atoms with Gasteiger partial charge in [0.05, 0.1) is 5.02 Å². The Morgan fingerprint density at radius 2 is 2.18 bits per heavy atom. The highest BCUT2D eigenvalue weighted by atomic mass is 35.5. The molecular formula is C12H17ClN2O2. The maximum absolute atomic E-state index is 11.0. The van der Waals surface area contributed by atoms with Gasteiger partial charge >= 0.3 is 0 Å². The molecule has 17 heavy (non-hydrogen) atoms. The van der Waals surface area contributed by atoms with Crippen molar-refractivity contribution in [3.8, 4) is 5.75 Å². The summed E-state index contributed by atoms with van der Waals surface area (Å²) in [5.74, 6) is 0.330. The molecule has 0 spiro atoms. The molecule has 0 aromatic heterocycles. The number of nitrogens with one attached hydrogen (secondary N) is 2. The molecule has 0 saturated carbocycles. The topological polar surface area (TPSA) is 50.4 Å². The Morgan fingerprint density at radius 3 is 2.71 bits per heavy atom. The van der Waals surface area contributed by atoms with Crippen LogP contribution in [0.25, 0.3) is 0 Å². The molecule has 1 aromatic rings. The van der Waals surface area contributed by atoms with Crippen molar-refractivity contribution in [1.82, 2.24) is 10.6 Å². The minimum absolute atomic E-state index is 0.0306. The first-order valence-corrected chi connectivity index (χ1v) is 5.76. The van der Waals surface area contributed by atoms with Crippen molar-refractivity contribution in [2.75, 3.05) is 20.7 Å². The van der Waals surface area contributed by atoms with Crippen LogP contribution in [0.2, 0.25) is 5.02 Å². The molecular weight excluding hydrogens is 240 g/mol. The van der Waals surface area contributed by atoms with Gasteiger partial charge in [-0.2, -0.15) is 0 Å². The van der Waals surface area contributed by atoms with Crippen LogP contribution in [0.15, 0.2) is 18.2 Å². The SMILES string of the molecule is CNC(=O)COc1ccc(C(C)NC)cc1Cl. The zero-order chi connectivity index (χ0) is 12.8. The maximum atomic E-state index is 11.0. The molecule has 2 N–H and O–H groups in total. The van der Waals surface area contributed by atoms with Crippen molar-refractivity contribution in [3.05, 3.63) is 28.8 Å². The lowest BCUT2D eigenvalue weighted by molar-refractivity contribution is -0.122. The lowest BCUT2D eigenvalue weighted by atomic mass is 10.1. The first kappa shape index (κ1) is 13.8. The van der Waals surface area contributed by atoms with Crippen molar-refractivity contribution in [2.45, 2.75) is 13.0 Å². The predicted molar refractivity (Wildman–Crippen MR) is 68.5 cm³/mol. The van der Waals surface area contributed by atoms with E-state index < -0.39 is 0 Å².